The number of aromatic nitrogens is 2. The zero-order chi connectivity index (χ0) is 16.8. The summed E-state index contributed by atoms with van der Waals surface area (Å²) in [5.74, 6) is 1.33. The van der Waals surface area contributed by atoms with Crippen LogP contribution in [0.2, 0.25) is 0 Å². The molecule has 0 spiro atoms. The first-order chi connectivity index (χ1) is 11.1. The Morgan fingerprint density at radius 1 is 1.26 bits per heavy atom. The van der Waals surface area contributed by atoms with Crippen molar-refractivity contribution in [2.75, 3.05) is 19.5 Å². The summed E-state index contributed by atoms with van der Waals surface area (Å²) < 4.78 is 10.7. The molecule has 124 valence electrons. The van der Waals surface area contributed by atoms with Gasteiger partial charge in [0.2, 0.25) is 5.91 Å². The van der Waals surface area contributed by atoms with E-state index >= 15 is 0 Å². The number of aryl methyl sites for hydroxylation is 1. The van der Waals surface area contributed by atoms with E-state index in [2.05, 4.69) is 22.4 Å². The Labute approximate surface area is 136 Å². The Balaban J connectivity index is 2.56. The molecule has 1 heterocycles. The highest BCUT2D eigenvalue weighted by Crippen LogP contribution is 2.37. The molecule has 23 heavy (non-hydrogen) atoms. The molecule has 2 aromatic rings. The molecule has 0 radical (unpaired) electrons. The number of hydrogen-bond donors (Lipinski definition) is 2. The van der Waals surface area contributed by atoms with Crippen molar-refractivity contribution < 1.29 is 14.3 Å². The van der Waals surface area contributed by atoms with Crippen LogP contribution < -0.4 is 14.8 Å². The molecule has 0 aliphatic heterocycles. The summed E-state index contributed by atoms with van der Waals surface area (Å²) in [5.41, 5.74) is 3.06. The van der Waals surface area contributed by atoms with Crippen LogP contribution in [0.25, 0.3) is 11.3 Å². The van der Waals surface area contributed by atoms with E-state index in [1.807, 2.05) is 25.1 Å². The van der Waals surface area contributed by atoms with Crippen molar-refractivity contribution in [2.24, 2.45) is 0 Å². The molecule has 0 atom stereocenters. The van der Waals surface area contributed by atoms with Crippen molar-refractivity contribution in [3.05, 3.63) is 23.9 Å². The highest BCUT2D eigenvalue weighted by atomic mass is 16.5. The lowest BCUT2D eigenvalue weighted by Gasteiger charge is -2.11. The van der Waals surface area contributed by atoms with E-state index in [4.69, 9.17) is 9.47 Å². The number of rotatable bonds is 7. The first-order valence-electron chi connectivity index (χ1n) is 7.74. The van der Waals surface area contributed by atoms with Gasteiger partial charge in [-0.3, -0.25) is 9.89 Å². The van der Waals surface area contributed by atoms with Crippen LogP contribution in [0.5, 0.6) is 11.5 Å². The second-order valence-electron chi connectivity index (χ2n) is 5.14. The number of methoxy groups -OCH3 is 2. The van der Waals surface area contributed by atoms with Crippen molar-refractivity contribution >= 4 is 11.6 Å². The molecule has 0 aliphatic rings. The van der Waals surface area contributed by atoms with Crippen LogP contribution in [0.1, 0.15) is 32.4 Å². The molecule has 0 aliphatic carbocycles. The van der Waals surface area contributed by atoms with Gasteiger partial charge in [-0.2, -0.15) is 5.10 Å². The summed E-state index contributed by atoms with van der Waals surface area (Å²) in [6.45, 7) is 3.90. The Morgan fingerprint density at radius 2 is 2.04 bits per heavy atom. The predicted molar refractivity (Wildman–Crippen MR) is 90.0 cm³/mol. The predicted octanol–water partition coefficient (Wildman–Crippen LogP) is 3.39. The molecule has 0 bridgehead atoms. The third-order valence-electron chi connectivity index (χ3n) is 3.59. The summed E-state index contributed by atoms with van der Waals surface area (Å²) in [6.07, 6.45) is 2.16. The number of ether oxygens (including phenoxy) is 2. The molecule has 0 saturated carbocycles. The maximum Gasteiger partial charge on any atom is 0.224 e. The fourth-order valence-electron chi connectivity index (χ4n) is 2.37. The first-order valence-corrected chi connectivity index (χ1v) is 7.74. The average Bonchev–Trinajstić information content (AvgIpc) is 2.96. The number of carbonyl (C=O) groups excluding carboxylic acids is 1. The largest absolute Gasteiger partial charge is 0.497 e. The van der Waals surface area contributed by atoms with E-state index in [1.54, 1.807) is 14.2 Å². The number of anilines is 1. The zero-order valence-electron chi connectivity index (χ0n) is 14.0. The lowest BCUT2D eigenvalue weighted by Crippen LogP contribution is -2.11. The standard InChI is InChI=1S/C17H23N3O3/c1-5-7-13-17(18-15(21)6-2)16(20-19-13)12-10-11(22-3)8-9-14(12)23-4/h8-10H,5-7H2,1-4H3,(H,18,21)(H,19,20). The number of amides is 1. The average molecular weight is 317 g/mol. The van der Waals surface area contributed by atoms with Gasteiger partial charge in [0, 0.05) is 12.0 Å². The van der Waals surface area contributed by atoms with Crippen molar-refractivity contribution in [1.82, 2.24) is 10.2 Å². The van der Waals surface area contributed by atoms with Crippen LogP contribution in [0.15, 0.2) is 18.2 Å². The minimum atomic E-state index is -0.0492. The molecule has 6 nitrogen and oxygen atoms in total. The lowest BCUT2D eigenvalue weighted by atomic mass is 10.1. The number of benzene rings is 1. The van der Waals surface area contributed by atoms with E-state index in [-0.39, 0.29) is 5.91 Å². The van der Waals surface area contributed by atoms with Gasteiger partial charge in [-0.1, -0.05) is 20.3 Å². The second kappa shape index (κ2) is 7.67. The molecular weight excluding hydrogens is 294 g/mol. The van der Waals surface area contributed by atoms with E-state index in [0.717, 1.165) is 24.1 Å². The van der Waals surface area contributed by atoms with Crippen molar-refractivity contribution in [2.45, 2.75) is 33.1 Å². The summed E-state index contributed by atoms with van der Waals surface area (Å²) in [5, 5.41) is 10.4. The summed E-state index contributed by atoms with van der Waals surface area (Å²) in [6, 6.07) is 5.51. The highest BCUT2D eigenvalue weighted by Gasteiger charge is 2.19. The van der Waals surface area contributed by atoms with E-state index in [9.17, 15) is 4.79 Å². The van der Waals surface area contributed by atoms with Gasteiger partial charge in [0.15, 0.2) is 0 Å². The number of H-pyrrole nitrogens is 1. The van der Waals surface area contributed by atoms with E-state index < -0.39 is 0 Å². The van der Waals surface area contributed by atoms with Crippen LogP contribution in [0, 0.1) is 0 Å². The maximum absolute atomic E-state index is 11.9. The second-order valence-corrected chi connectivity index (χ2v) is 5.14. The highest BCUT2D eigenvalue weighted by molar-refractivity contribution is 5.96. The van der Waals surface area contributed by atoms with Crippen LogP contribution in [0.4, 0.5) is 5.69 Å². The molecule has 6 heteroatoms. The van der Waals surface area contributed by atoms with E-state index in [1.165, 1.54) is 0 Å². The minimum Gasteiger partial charge on any atom is -0.497 e. The Hall–Kier alpha value is -2.50. The fourth-order valence-corrected chi connectivity index (χ4v) is 2.37. The van der Waals surface area contributed by atoms with Crippen molar-refractivity contribution in [1.29, 1.82) is 0 Å². The van der Waals surface area contributed by atoms with Gasteiger partial charge in [-0.25, -0.2) is 0 Å². The fraction of sp³-hybridized carbons (Fsp3) is 0.412. The lowest BCUT2D eigenvalue weighted by molar-refractivity contribution is -0.115. The number of hydrogen-bond acceptors (Lipinski definition) is 4. The third kappa shape index (κ3) is 3.64. The summed E-state index contributed by atoms with van der Waals surface area (Å²) in [4.78, 5) is 11.9. The first kappa shape index (κ1) is 16.9. The Morgan fingerprint density at radius 3 is 2.65 bits per heavy atom. The van der Waals surface area contributed by atoms with Gasteiger partial charge in [0.25, 0.3) is 0 Å². The van der Waals surface area contributed by atoms with Gasteiger partial charge in [0.05, 0.1) is 25.6 Å². The van der Waals surface area contributed by atoms with Gasteiger partial charge in [-0.05, 0) is 24.6 Å². The molecule has 0 fully saturated rings. The monoisotopic (exact) mass is 317 g/mol. The third-order valence-corrected chi connectivity index (χ3v) is 3.59. The van der Waals surface area contributed by atoms with Gasteiger partial charge < -0.3 is 14.8 Å². The molecule has 2 rings (SSSR count). The summed E-state index contributed by atoms with van der Waals surface area (Å²) >= 11 is 0. The number of carbonyl (C=O) groups is 1. The number of nitrogens with zero attached hydrogens (tertiary/aromatic N) is 1. The SMILES string of the molecule is CCCc1[nH]nc(-c2cc(OC)ccc2OC)c1NC(=O)CC. The number of aromatic amines is 1. The van der Waals surface area contributed by atoms with E-state index in [0.29, 0.717) is 29.3 Å². The minimum absolute atomic E-state index is 0.0492. The Kier molecular flexibility index (Phi) is 5.62. The van der Waals surface area contributed by atoms with Gasteiger partial charge in [-0.15, -0.1) is 0 Å². The summed E-state index contributed by atoms with van der Waals surface area (Å²) in [7, 11) is 3.22. The molecule has 1 aromatic heterocycles. The van der Waals surface area contributed by atoms with Crippen LogP contribution in [0.3, 0.4) is 0 Å². The molecule has 2 N–H and O–H groups in total. The van der Waals surface area contributed by atoms with Crippen molar-refractivity contribution in [3.63, 3.8) is 0 Å². The molecular formula is C17H23N3O3. The topological polar surface area (TPSA) is 76.2 Å². The number of nitrogens with one attached hydrogen (secondary N) is 2. The molecule has 0 saturated heterocycles. The van der Waals surface area contributed by atoms with Gasteiger partial charge >= 0.3 is 0 Å². The normalized spacial score (nSPS) is 10.4. The molecule has 1 amide bonds. The van der Waals surface area contributed by atoms with Crippen LogP contribution >= 0.6 is 0 Å². The van der Waals surface area contributed by atoms with Crippen LogP contribution in [-0.4, -0.2) is 30.3 Å². The Bertz CT molecular complexity index is 680. The smallest absolute Gasteiger partial charge is 0.224 e. The molecule has 0 unspecified atom stereocenters. The van der Waals surface area contributed by atoms with Gasteiger partial charge in [0.1, 0.15) is 17.2 Å². The maximum atomic E-state index is 11.9. The quantitative estimate of drug-likeness (QED) is 0.820. The molecule has 1 aromatic carbocycles. The van der Waals surface area contributed by atoms with Crippen molar-refractivity contribution in [3.8, 4) is 22.8 Å². The zero-order valence-corrected chi connectivity index (χ0v) is 14.0. The van der Waals surface area contributed by atoms with Crippen LogP contribution in [-0.2, 0) is 11.2 Å².